The third kappa shape index (κ3) is 6.11. The molecule has 1 saturated carbocycles. The van der Waals surface area contributed by atoms with E-state index in [1.165, 1.54) is 29.9 Å². The summed E-state index contributed by atoms with van der Waals surface area (Å²) < 4.78 is 13.8. The zero-order valence-electron chi connectivity index (χ0n) is 18.4. The molecule has 1 aromatic heterocycles. The first kappa shape index (κ1) is 22.8. The molecule has 2 fully saturated rings. The summed E-state index contributed by atoms with van der Waals surface area (Å²) in [7, 11) is 0. The number of phenols is 1. The number of amides is 1. The number of carbonyl (C=O) groups is 1. The molecule has 1 aromatic carbocycles. The molecule has 1 unspecified atom stereocenters. The van der Waals surface area contributed by atoms with Gasteiger partial charge < -0.3 is 31.1 Å². The van der Waals surface area contributed by atoms with Crippen LogP contribution in [0.4, 0.5) is 32.7 Å². The standard InChI is InChI=1S/C22H30FN7O3/c23-17-12-15(9-10-18(17)31)26-21-28-19(24-13-16-8-5-11-30(16)22(32)33)27-20(29-21)25-14-6-3-1-2-4-7-14/h9-10,12,14,16,31H,1-8,11,13H2,(H,32,33)(H3,24,25,26,27,28,29). The monoisotopic (exact) mass is 459 g/mol. The van der Waals surface area contributed by atoms with Crippen molar-refractivity contribution in [2.24, 2.45) is 0 Å². The van der Waals surface area contributed by atoms with Crippen molar-refractivity contribution in [2.45, 2.75) is 63.5 Å². The summed E-state index contributed by atoms with van der Waals surface area (Å²) in [5, 5.41) is 28.3. The van der Waals surface area contributed by atoms with Crippen LogP contribution in [0, 0.1) is 5.82 Å². The molecule has 33 heavy (non-hydrogen) atoms. The highest BCUT2D eigenvalue weighted by atomic mass is 19.1. The number of aromatic hydroxyl groups is 1. The van der Waals surface area contributed by atoms with E-state index in [0.29, 0.717) is 30.7 Å². The van der Waals surface area contributed by atoms with E-state index in [4.69, 9.17) is 0 Å². The molecule has 4 rings (SSSR count). The van der Waals surface area contributed by atoms with Crippen LogP contribution in [0.5, 0.6) is 5.75 Å². The number of carboxylic acid groups (broad SMARTS) is 1. The molecule has 2 aromatic rings. The fraction of sp³-hybridized carbons (Fsp3) is 0.545. The lowest BCUT2D eigenvalue weighted by Gasteiger charge is -2.22. The van der Waals surface area contributed by atoms with Gasteiger partial charge in [0.25, 0.3) is 0 Å². The Morgan fingerprint density at radius 1 is 1.03 bits per heavy atom. The van der Waals surface area contributed by atoms with E-state index in [9.17, 15) is 19.4 Å². The molecule has 1 amide bonds. The van der Waals surface area contributed by atoms with Crippen molar-refractivity contribution in [3.05, 3.63) is 24.0 Å². The van der Waals surface area contributed by atoms with Gasteiger partial charge in [0.2, 0.25) is 17.8 Å². The Morgan fingerprint density at radius 3 is 2.48 bits per heavy atom. The topological polar surface area (TPSA) is 136 Å². The summed E-state index contributed by atoms with van der Waals surface area (Å²) in [5.74, 6) is -0.258. The highest BCUT2D eigenvalue weighted by Crippen LogP contribution is 2.24. The van der Waals surface area contributed by atoms with Gasteiger partial charge in [-0.25, -0.2) is 9.18 Å². The number of nitrogens with zero attached hydrogens (tertiary/aromatic N) is 4. The predicted octanol–water partition coefficient (Wildman–Crippen LogP) is 4.15. The molecule has 0 spiro atoms. The molecule has 0 bridgehead atoms. The SMILES string of the molecule is O=C(O)N1CCCC1CNc1nc(Nc2ccc(O)c(F)c2)nc(NC2CCCCCC2)n1. The van der Waals surface area contributed by atoms with Gasteiger partial charge in [-0.2, -0.15) is 15.0 Å². The number of nitrogens with one attached hydrogen (secondary N) is 3. The first-order valence-corrected chi connectivity index (χ1v) is 11.5. The van der Waals surface area contributed by atoms with Gasteiger partial charge in [0.1, 0.15) is 0 Å². The van der Waals surface area contributed by atoms with Gasteiger partial charge in [-0.3, -0.25) is 0 Å². The summed E-state index contributed by atoms with van der Waals surface area (Å²) in [6.07, 6.45) is 7.50. The second-order valence-corrected chi connectivity index (χ2v) is 8.58. The summed E-state index contributed by atoms with van der Waals surface area (Å²) >= 11 is 0. The second-order valence-electron chi connectivity index (χ2n) is 8.58. The second kappa shape index (κ2) is 10.5. The Hall–Kier alpha value is -3.37. The average molecular weight is 460 g/mol. The van der Waals surface area contributed by atoms with E-state index < -0.39 is 17.7 Å². The number of rotatable bonds is 7. The van der Waals surface area contributed by atoms with E-state index in [0.717, 1.165) is 44.6 Å². The molecule has 11 heteroatoms. The Kier molecular flexibility index (Phi) is 7.26. The Bertz CT molecular complexity index is 969. The first-order chi connectivity index (χ1) is 16.0. The minimum Gasteiger partial charge on any atom is -0.505 e. The third-order valence-electron chi connectivity index (χ3n) is 6.15. The number of hydrogen-bond acceptors (Lipinski definition) is 8. The Balaban J connectivity index is 1.52. The number of likely N-dealkylation sites (tertiary alicyclic amines) is 1. The lowest BCUT2D eigenvalue weighted by Crippen LogP contribution is -2.38. The molecule has 10 nitrogen and oxygen atoms in total. The van der Waals surface area contributed by atoms with Gasteiger partial charge >= 0.3 is 6.09 Å². The normalized spacial score (nSPS) is 19.2. The quantitative estimate of drug-likeness (QED) is 0.305. The van der Waals surface area contributed by atoms with Gasteiger partial charge in [0, 0.05) is 30.9 Å². The van der Waals surface area contributed by atoms with E-state index in [-0.39, 0.29) is 18.0 Å². The molecule has 2 heterocycles. The minimum absolute atomic E-state index is 0.153. The van der Waals surface area contributed by atoms with Crippen LogP contribution in [0.15, 0.2) is 18.2 Å². The Morgan fingerprint density at radius 2 is 1.76 bits per heavy atom. The molecule has 178 valence electrons. The summed E-state index contributed by atoms with van der Waals surface area (Å²) in [6, 6.07) is 4.05. The van der Waals surface area contributed by atoms with Gasteiger partial charge in [0.05, 0.1) is 6.04 Å². The molecular weight excluding hydrogens is 429 g/mol. The minimum atomic E-state index is -0.928. The fourth-order valence-corrected chi connectivity index (χ4v) is 4.40. The number of hydrogen-bond donors (Lipinski definition) is 5. The number of halogens is 1. The molecule has 1 atom stereocenters. The lowest BCUT2D eigenvalue weighted by molar-refractivity contribution is 0.142. The van der Waals surface area contributed by atoms with E-state index in [1.54, 1.807) is 0 Å². The van der Waals surface area contributed by atoms with Crippen molar-refractivity contribution in [1.29, 1.82) is 0 Å². The molecule has 0 radical (unpaired) electrons. The van der Waals surface area contributed by atoms with E-state index >= 15 is 0 Å². The Labute approximate surface area is 191 Å². The van der Waals surface area contributed by atoms with Crippen LogP contribution in [0.1, 0.15) is 51.4 Å². The van der Waals surface area contributed by atoms with Gasteiger partial charge in [0.15, 0.2) is 11.6 Å². The van der Waals surface area contributed by atoms with E-state index in [1.807, 2.05) is 0 Å². The number of benzene rings is 1. The van der Waals surface area contributed by atoms with Crippen molar-refractivity contribution in [3.63, 3.8) is 0 Å². The maximum atomic E-state index is 13.8. The number of aromatic nitrogens is 3. The van der Waals surface area contributed by atoms with Gasteiger partial charge in [-0.15, -0.1) is 0 Å². The molecule has 1 saturated heterocycles. The molecule has 2 aliphatic rings. The molecule has 1 aliphatic carbocycles. The van der Waals surface area contributed by atoms with Crippen LogP contribution in [-0.2, 0) is 0 Å². The van der Waals surface area contributed by atoms with Crippen LogP contribution in [0.3, 0.4) is 0 Å². The summed E-state index contributed by atoms with van der Waals surface area (Å²) in [6.45, 7) is 0.902. The van der Waals surface area contributed by atoms with Gasteiger partial charge in [-0.05, 0) is 37.8 Å². The lowest BCUT2D eigenvalue weighted by atomic mass is 10.1. The maximum Gasteiger partial charge on any atom is 0.407 e. The smallest absolute Gasteiger partial charge is 0.407 e. The molecular formula is C22H30FN7O3. The molecule has 5 N–H and O–H groups in total. The van der Waals surface area contributed by atoms with Crippen LogP contribution >= 0.6 is 0 Å². The third-order valence-corrected chi connectivity index (χ3v) is 6.15. The van der Waals surface area contributed by atoms with Crippen molar-refractivity contribution < 1.29 is 19.4 Å². The maximum absolute atomic E-state index is 13.8. The van der Waals surface area contributed by atoms with Crippen molar-refractivity contribution in [2.75, 3.05) is 29.0 Å². The summed E-state index contributed by atoms with van der Waals surface area (Å²) in [5.41, 5.74) is 0.385. The number of anilines is 4. The highest BCUT2D eigenvalue weighted by Gasteiger charge is 2.28. The molecule has 1 aliphatic heterocycles. The van der Waals surface area contributed by atoms with Crippen LogP contribution in [0.25, 0.3) is 0 Å². The van der Waals surface area contributed by atoms with Crippen LogP contribution < -0.4 is 16.0 Å². The van der Waals surface area contributed by atoms with Crippen LogP contribution in [0.2, 0.25) is 0 Å². The fourth-order valence-electron chi connectivity index (χ4n) is 4.40. The van der Waals surface area contributed by atoms with Crippen LogP contribution in [-0.4, -0.2) is 61.3 Å². The zero-order valence-corrected chi connectivity index (χ0v) is 18.4. The van der Waals surface area contributed by atoms with Crippen molar-refractivity contribution >= 4 is 29.6 Å². The predicted molar refractivity (Wildman–Crippen MR) is 123 cm³/mol. The van der Waals surface area contributed by atoms with Crippen molar-refractivity contribution in [1.82, 2.24) is 19.9 Å². The van der Waals surface area contributed by atoms with Gasteiger partial charge in [-0.1, -0.05) is 25.7 Å². The largest absolute Gasteiger partial charge is 0.505 e. The van der Waals surface area contributed by atoms with E-state index in [2.05, 4.69) is 30.9 Å². The number of phenolic OH excluding ortho intramolecular Hbond substituents is 1. The summed E-state index contributed by atoms with van der Waals surface area (Å²) in [4.78, 5) is 26.2. The zero-order chi connectivity index (χ0) is 23.2. The average Bonchev–Trinajstić information content (AvgIpc) is 3.12. The first-order valence-electron chi connectivity index (χ1n) is 11.5. The highest BCUT2D eigenvalue weighted by molar-refractivity contribution is 5.66. The van der Waals surface area contributed by atoms with Crippen molar-refractivity contribution in [3.8, 4) is 5.75 Å².